The lowest BCUT2D eigenvalue weighted by Gasteiger charge is -2.11. The minimum absolute atomic E-state index is 0.112. The molecule has 0 radical (unpaired) electrons. The Morgan fingerprint density at radius 1 is 1.47 bits per heavy atom. The van der Waals surface area contributed by atoms with E-state index in [1.807, 2.05) is 19.9 Å². The maximum absolute atomic E-state index is 11.8. The average molecular weight is 272 g/mol. The third-order valence-corrected chi connectivity index (χ3v) is 2.32. The number of benzene rings is 1. The van der Waals surface area contributed by atoms with Crippen molar-refractivity contribution in [1.29, 1.82) is 0 Å². The maximum atomic E-state index is 11.8. The molecule has 0 aliphatic heterocycles. The zero-order chi connectivity index (χ0) is 11.4. The van der Waals surface area contributed by atoms with E-state index in [1.165, 1.54) is 0 Å². The average Bonchev–Trinajstić information content (AvgIpc) is 2.16. The van der Waals surface area contributed by atoms with Gasteiger partial charge in [-0.15, -0.1) is 0 Å². The van der Waals surface area contributed by atoms with Gasteiger partial charge in [0.05, 0.1) is 12.7 Å². The molecule has 0 saturated heterocycles. The van der Waals surface area contributed by atoms with Gasteiger partial charge in [0.2, 0.25) is 0 Å². The van der Waals surface area contributed by atoms with Gasteiger partial charge in [-0.2, -0.15) is 0 Å². The molecule has 15 heavy (non-hydrogen) atoms. The largest absolute Gasteiger partial charge is 0.496 e. The summed E-state index contributed by atoms with van der Waals surface area (Å²) in [6, 6.07) is 5.46. The SMILES string of the molecule is COc1ccc(Br)cc1C(=O)NC(C)C. The van der Waals surface area contributed by atoms with Crippen LogP contribution in [-0.2, 0) is 0 Å². The second-order valence-electron chi connectivity index (χ2n) is 3.47. The van der Waals surface area contributed by atoms with Gasteiger partial charge >= 0.3 is 0 Å². The first-order valence-corrected chi connectivity index (χ1v) is 5.48. The molecule has 0 saturated carbocycles. The van der Waals surface area contributed by atoms with Crippen molar-refractivity contribution in [3.05, 3.63) is 28.2 Å². The highest BCUT2D eigenvalue weighted by atomic mass is 79.9. The van der Waals surface area contributed by atoms with Crippen LogP contribution in [0.1, 0.15) is 24.2 Å². The fraction of sp³-hybridized carbons (Fsp3) is 0.364. The van der Waals surface area contributed by atoms with E-state index in [4.69, 9.17) is 4.74 Å². The molecule has 4 heteroatoms. The highest BCUT2D eigenvalue weighted by Crippen LogP contribution is 2.22. The monoisotopic (exact) mass is 271 g/mol. The number of hydrogen-bond acceptors (Lipinski definition) is 2. The minimum Gasteiger partial charge on any atom is -0.496 e. The third kappa shape index (κ3) is 3.23. The van der Waals surface area contributed by atoms with Gasteiger partial charge in [-0.25, -0.2) is 0 Å². The predicted molar refractivity (Wildman–Crippen MR) is 63.3 cm³/mol. The molecule has 0 spiro atoms. The lowest BCUT2D eigenvalue weighted by Crippen LogP contribution is -2.30. The zero-order valence-corrected chi connectivity index (χ0v) is 10.6. The Kier molecular flexibility index (Phi) is 4.15. The Balaban J connectivity index is 3.00. The van der Waals surface area contributed by atoms with E-state index in [0.717, 1.165) is 4.47 Å². The number of rotatable bonds is 3. The lowest BCUT2D eigenvalue weighted by molar-refractivity contribution is 0.0940. The van der Waals surface area contributed by atoms with Crippen LogP contribution in [0.15, 0.2) is 22.7 Å². The van der Waals surface area contributed by atoms with Crippen molar-refractivity contribution in [3.8, 4) is 5.75 Å². The van der Waals surface area contributed by atoms with Crippen molar-refractivity contribution >= 4 is 21.8 Å². The lowest BCUT2D eigenvalue weighted by atomic mass is 10.2. The predicted octanol–water partition coefficient (Wildman–Crippen LogP) is 2.60. The summed E-state index contributed by atoms with van der Waals surface area (Å²) in [6.07, 6.45) is 0. The molecule has 1 N–H and O–H groups in total. The van der Waals surface area contributed by atoms with Gasteiger partial charge in [0.15, 0.2) is 0 Å². The van der Waals surface area contributed by atoms with Crippen LogP contribution in [0.4, 0.5) is 0 Å². The third-order valence-electron chi connectivity index (χ3n) is 1.83. The molecule has 1 aromatic carbocycles. The quantitative estimate of drug-likeness (QED) is 0.918. The van der Waals surface area contributed by atoms with Crippen LogP contribution < -0.4 is 10.1 Å². The summed E-state index contributed by atoms with van der Waals surface area (Å²) in [5, 5.41) is 2.82. The Bertz CT molecular complexity index is 364. The van der Waals surface area contributed by atoms with Crippen molar-refractivity contribution in [2.24, 2.45) is 0 Å². The number of methoxy groups -OCH3 is 1. The number of carbonyl (C=O) groups excluding carboxylic acids is 1. The molecule has 0 aromatic heterocycles. The molecular weight excluding hydrogens is 258 g/mol. The second kappa shape index (κ2) is 5.16. The van der Waals surface area contributed by atoms with Gasteiger partial charge in [-0.05, 0) is 32.0 Å². The van der Waals surface area contributed by atoms with Crippen LogP contribution in [0.25, 0.3) is 0 Å². The topological polar surface area (TPSA) is 38.3 Å². The summed E-state index contributed by atoms with van der Waals surface area (Å²) in [7, 11) is 1.55. The number of carbonyl (C=O) groups is 1. The fourth-order valence-electron chi connectivity index (χ4n) is 1.20. The number of nitrogens with one attached hydrogen (secondary N) is 1. The van der Waals surface area contributed by atoms with Crippen molar-refractivity contribution in [2.75, 3.05) is 7.11 Å². The van der Waals surface area contributed by atoms with Crippen molar-refractivity contribution in [1.82, 2.24) is 5.32 Å². The van der Waals surface area contributed by atoms with Gasteiger partial charge in [0.1, 0.15) is 5.75 Å². The van der Waals surface area contributed by atoms with Gasteiger partial charge in [0, 0.05) is 10.5 Å². The number of halogens is 1. The fourth-order valence-corrected chi connectivity index (χ4v) is 1.56. The Hall–Kier alpha value is -1.03. The van der Waals surface area contributed by atoms with Crippen molar-refractivity contribution < 1.29 is 9.53 Å². The molecule has 0 unspecified atom stereocenters. The molecule has 0 bridgehead atoms. The van der Waals surface area contributed by atoms with E-state index < -0.39 is 0 Å². The summed E-state index contributed by atoms with van der Waals surface area (Å²) in [5.74, 6) is 0.458. The Morgan fingerprint density at radius 3 is 2.67 bits per heavy atom. The number of amides is 1. The smallest absolute Gasteiger partial charge is 0.255 e. The van der Waals surface area contributed by atoms with Gasteiger partial charge < -0.3 is 10.1 Å². The molecule has 0 aliphatic rings. The first-order valence-electron chi connectivity index (χ1n) is 4.69. The highest BCUT2D eigenvalue weighted by molar-refractivity contribution is 9.10. The van der Waals surface area contributed by atoms with Crippen LogP contribution in [0.5, 0.6) is 5.75 Å². The summed E-state index contributed by atoms with van der Waals surface area (Å²) in [6.45, 7) is 3.84. The van der Waals surface area contributed by atoms with Gasteiger partial charge in [-0.3, -0.25) is 4.79 Å². The zero-order valence-electron chi connectivity index (χ0n) is 9.00. The summed E-state index contributed by atoms with van der Waals surface area (Å²) in [5.41, 5.74) is 0.542. The normalized spacial score (nSPS) is 10.2. The molecule has 1 amide bonds. The molecule has 0 aliphatic carbocycles. The molecule has 3 nitrogen and oxygen atoms in total. The molecule has 1 rings (SSSR count). The van der Waals surface area contributed by atoms with E-state index in [1.54, 1.807) is 19.2 Å². The standard InChI is InChI=1S/C11H14BrNO2/c1-7(2)13-11(14)9-6-8(12)4-5-10(9)15-3/h4-7H,1-3H3,(H,13,14). The van der Waals surface area contributed by atoms with E-state index >= 15 is 0 Å². The molecule has 0 heterocycles. The first kappa shape index (κ1) is 12.0. The van der Waals surface area contributed by atoms with Crippen LogP contribution in [-0.4, -0.2) is 19.1 Å². The van der Waals surface area contributed by atoms with Gasteiger partial charge in [-0.1, -0.05) is 15.9 Å². The molecule has 82 valence electrons. The van der Waals surface area contributed by atoms with Crippen molar-refractivity contribution in [3.63, 3.8) is 0 Å². The van der Waals surface area contributed by atoms with E-state index in [0.29, 0.717) is 11.3 Å². The molecule has 1 aromatic rings. The summed E-state index contributed by atoms with van der Waals surface area (Å²) >= 11 is 3.32. The molecule has 0 atom stereocenters. The number of ether oxygens (including phenoxy) is 1. The first-order chi connectivity index (χ1) is 7.04. The van der Waals surface area contributed by atoms with Crippen LogP contribution >= 0.6 is 15.9 Å². The Labute approximate surface area is 97.9 Å². The van der Waals surface area contributed by atoms with E-state index in [2.05, 4.69) is 21.2 Å². The van der Waals surface area contributed by atoms with Crippen LogP contribution in [0, 0.1) is 0 Å². The molecule has 0 fully saturated rings. The molecular formula is C11H14BrNO2. The van der Waals surface area contributed by atoms with Crippen LogP contribution in [0.3, 0.4) is 0 Å². The van der Waals surface area contributed by atoms with Crippen LogP contribution in [0.2, 0.25) is 0 Å². The summed E-state index contributed by atoms with van der Waals surface area (Å²) < 4.78 is 5.98. The minimum atomic E-state index is -0.122. The number of hydrogen-bond donors (Lipinski definition) is 1. The van der Waals surface area contributed by atoms with E-state index in [9.17, 15) is 4.79 Å². The highest BCUT2D eigenvalue weighted by Gasteiger charge is 2.13. The Morgan fingerprint density at radius 2 is 2.13 bits per heavy atom. The second-order valence-corrected chi connectivity index (χ2v) is 4.39. The van der Waals surface area contributed by atoms with Crippen molar-refractivity contribution in [2.45, 2.75) is 19.9 Å². The van der Waals surface area contributed by atoms with Gasteiger partial charge in [0.25, 0.3) is 5.91 Å². The van der Waals surface area contributed by atoms with E-state index in [-0.39, 0.29) is 11.9 Å². The maximum Gasteiger partial charge on any atom is 0.255 e. The summed E-state index contributed by atoms with van der Waals surface area (Å²) in [4.78, 5) is 11.8.